The first-order valence-corrected chi connectivity index (χ1v) is 8.38. The maximum Gasteiger partial charge on any atom is 0.321 e. The molecule has 0 radical (unpaired) electrons. The van der Waals surface area contributed by atoms with Crippen molar-refractivity contribution in [2.24, 2.45) is 5.92 Å². The van der Waals surface area contributed by atoms with Crippen LogP contribution in [0.15, 0.2) is 0 Å². The van der Waals surface area contributed by atoms with Gasteiger partial charge in [-0.3, -0.25) is 5.32 Å². The van der Waals surface area contributed by atoms with Crippen LogP contribution in [-0.4, -0.2) is 33.5 Å². The highest BCUT2D eigenvalue weighted by atomic mass is 32.1. The standard InChI is InChI=1S/C14H24N4O2S/c1-10(2)8-11-17-18-13(21-11)16-12(19)15-9-14(20)6-4-3-5-7-14/h10,20H,3-9H2,1-2H3,(H2,15,16,18,19). The van der Waals surface area contributed by atoms with E-state index in [1.807, 2.05) is 0 Å². The Morgan fingerprint density at radius 1 is 1.33 bits per heavy atom. The Hall–Kier alpha value is -1.21. The lowest BCUT2D eigenvalue weighted by molar-refractivity contribution is 0.00755. The summed E-state index contributed by atoms with van der Waals surface area (Å²) in [6.45, 7) is 4.52. The summed E-state index contributed by atoms with van der Waals surface area (Å²) in [6, 6.07) is -0.332. The second kappa shape index (κ2) is 7.17. The first-order valence-electron chi connectivity index (χ1n) is 7.56. The van der Waals surface area contributed by atoms with Crippen molar-refractivity contribution in [3.63, 3.8) is 0 Å². The maximum atomic E-state index is 11.8. The van der Waals surface area contributed by atoms with Crippen LogP contribution in [0.25, 0.3) is 0 Å². The van der Waals surface area contributed by atoms with Gasteiger partial charge in [-0.1, -0.05) is 44.4 Å². The van der Waals surface area contributed by atoms with Crippen molar-refractivity contribution < 1.29 is 9.90 Å². The van der Waals surface area contributed by atoms with Gasteiger partial charge < -0.3 is 10.4 Å². The number of carbonyl (C=O) groups excluding carboxylic acids is 1. The van der Waals surface area contributed by atoms with E-state index in [-0.39, 0.29) is 12.6 Å². The highest BCUT2D eigenvalue weighted by Crippen LogP contribution is 2.27. The summed E-state index contributed by atoms with van der Waals surface area (Å²) in [5, 5.41) is 25.2. The number of nitrogens with zero attached hydrogens (tertiary/aromatic N) is 2. The van der Waals surface area contributed by atoms with Crippen LogP contribution in [0.4, 0.5) is 9.93 Å². The van der Waals surface area contributed by atoms with Gasteiger partial charge in [0.25, 0.3) is 0 Å². The van der Waals surface area contributed by atoms with E-state index in [9.17, 15) is 9.90 Å². The minimum absolute atomic E-state index is 0.288. The number of aromatic nitrogens is 2. The molecule has 0 atom stereocenters. The lowest BCUT2D eigenvalue weighted by Crippen LogP contribution is -2.45. The van der Waals surface area contributed by atoms with Gasteiger partial charge in [0, 0.05) is 13.0 Å². The molecule has 1 saturated carbocycles. The summed E-state index contributed by atoms with van der Waals surface area (Å²) in [4.78, 5) is 11.8. The molecule has 3 N–H and O–H groups in total. The molecule has 0 spiro atoms. The maximum absolute atomic E-state index is 11.8. The zero-order chi connectivity index (χ0) is 15.3. The molecule has 0 unspecified atom stereocenters. The summed E-state index contributed by atoms with van der Waals surface area (Å²) >= 11 is 1.39. The second-order valence-electron chi connectivity index (χ2n) is 6.19. The van der Waals surface area contributed by atoms with Gasteiger partial charge in [-0.2, -0.15) is 0 Å². The fourth-order valence-electron chi connectivity index (χ4n) is 2.51. The number of anilines is 1. The Labute approximate surface area is 129 Å². The van der Waals surface area contributed by atoms with Crippen molar-refractivity contribution in [1.82, 2.24) is 15.5 Å². The zero-order valence-corrected chi connectivity index (χ0v) is 13.5. The summed E-state index contributed by atoms with van der Waals surface area (Å²) in [6.07, 6.45) is 5.58. The van der Waals surface area contributed by atoms with Crippen molar-refractivity contribution in [3.8, 4) is 0 Å². The number of carbonyl (C=O) groups is 1. The molecule has 1 aromatic heterocycles. The van der Waals surface area contributed by atoms with Crippen LogP contribution in [0, 0.1) is 5.92 Å². The van der Waals surface area contributed by atoms with Crippen LogP contribution in [-0.2, 0) is 6.42 Å². The molecule has 7 heteroatoms. The lowest BCUT2D eigenvalue weighted by atomic mass is 9.85. The van der Waals surface area contributed by atoms with Crippen molar-refractivity contribution in [1.29, 1.82) is 0 Å². The quantitative estimate of drug-likeness (QED) is 0.780. The molecule has 0 bridgehead atoms. The normalized spacial score (nSPS) is 17.7. The predicted molar refractivity (Wildman–Crippen MR) is 83.5 cm³/mol. The van der Waals surface area contributed by atoms with Crippen molar-refractivity contribution in [2.45, 2.75) is 58.0 Å². The highest BCUT2D eigenvalue weighted by Gasteiger charge is 2.29. The second-order valence-corrected chi connectivity index (χ2v) is 7.25. The Bertz CT molecular complexity index is 469. The van der Waals surface area contributed by atoms with E-state index < -0.39 is 5.60 Å². The van der Waals surface area contributed by atoms with Crippen LogP contribution in [0.1, 0.15) is 51.0 Å². The van der Waals surface area contributed by atoms with Crippen LogP contribution in [0.5, 0.6) is 0 Å². The first-order chi connectivity index (χ1) is 9.97. The fourth-order valence-corrected chi connectivity index (χ4v) is 3.46. The molecule has 0 aromatic carbocycles. The van der Waals surface area contributed by atoms with Crippen molar-refractivity contribution >= 4 is 22.5 Å². The molecule has 21 heavy (non-hydrogen) atoms. The number of amides is 2. The monoisotopic (exact) mass is 312 g/mol. The molecule has 2 rings (SSSR count). The van der Waals surface area contributed by atoms with Gasteiger partial charge in [-0.25, -0.2) is 4.79 Å². The van der Waals surface area contributed by atoms with E-state index in [0.29, 0.717) is 11.0 Å². The molecular weight excluding hydrogens is 288 g/mol. The summed E-state index contributed by atoms with van der Waals surface area (Å²) in [7, 11) is 0. The summed E-state index contributed by atoms with van der Waals surface area (Å²) < 4.78 is 0. The van der Waals surface area contributed by atoms with Crippen LogP contribution in [0.2, 0.25) is 0 Å². The highest BCUT2D eigenvalue weighted by molar-refractivity contribution is 7.15. The molecule has 1 fully saturated rings. The Kier molecular flexibility index (Phi) is 5.52. The van der Waals surface area contributed by atoms with E-state index in [1.165, 1.54) is 11.3 Å². The summed E-state index contributed by atoms with van der Waals surface area (Å²) in [5.74, 6) is 0.514. The molecule has 0 aliphatic heterocycles. The number of nitrogens with one attached hydrogen (secondary N) is 2. The topological polar surface area (TPSA) is 87.1 Å². The largest absolute Gasteiger partial charge is 0.388 e. The van der Waals surface area contributed by atoms with E-state index in [0.717, 1.165) is 43.5 Å². The van der Waals surface area contributed by atoms with Gasteiger partial charge in [0.05, 0.1) is 5.60 Å². The summed E-state index contributed by atoms with van der Waals surface area (Å²) in [5.41, 5.74) is -0.750. The number of urea groups is 1. The third-order valence-electron chi connectivity index (χ3n) is 3.63. The third-order valence-corrected chi connectivity index (χ3v) is 4.49. The molecule has 6 nitrogen and oxygen atoms in total. The van der Waals surface area contributed by atoms with Crippen LogP contribution in [0.3, 0.4) is 0 Å². The predicted octanol–water partition coefficient (Wildman–Crippen LogP) is 2.55. The fraction of sp³-hybridized carbons (Fsp3) is 0.786. The van der Waals surface area contributed by atoms with E-state index in [2.05, 4.69) is 34.7 Å². The lowest BCUT2D eigenvalue weighted by Gasteiger charge is -2.31. The molecule has 2 amide bonds. The minimum atomic E-state index is -0.750. The molecule has 1 aromatic rings. The first kappa shape index (κ1) is 16.2. The zero-order valence-electron chi connectivity index (χ0n) is 12.7. The van der Waals surface area contributed by atoms with Gasteiger partial charge in [-0.15, -0.1) is 10.2 Å². The number of hydrogen-bond donors (Lipinski definition) is 3. The van der Waals surface area contributed by atoms with E-state index in [4.69, 9.17) is 0 Å². The SMILES string of the molecule is CC(C)Cc1nnc(NC(=O)NCC2(O)CCCCC2)s1. The average Bonchev–Trinajstić information content (AvgIpc) is 2.84. The van der Waals surface area contributed by atoms with Gasteiger partial charge in [0.1, 0.15) is 5.01 Å². The number of aliphatic hydroxyl groups is 1. The molecule has 1 aliphatic carbocycles. The molecule has 1 heterocycles. The Morgan fingerprint density at radius 3 is 2.71 bits per heavy atom. The van der Waals surface area contributed by atoms with Gasteiger partial charge in [0.2, 0.25) is 5.13 Å². The average molecular weight is 312 g/mol. The van der Waals surface area contributed by atoms with Gasteiger partial charge >= 0.3 is 6.03 Å². The molecular formula is C14H24N4O2S. The number of hydrogen-bond acceptors (Lipinski definition) is 5. The van der Waals surface area contributed by atoms with Gasteiger partial charge in [-0.05, 0) is 18.8 Å². The van der Waals surface area contributed by atoms with E-state index in [1.54, 1.807) is 0 Å². The minimum Gasteiger partial charge on any atom is -0.388 e. The van der Waals surface area contributed by atoms with Gasteiger partial charge in [0.15, 0.2) is 0 Å². The Balaban J connectivity index is 1.77. The molecule has 1 aliphatic rings. The Morgan fingerprint density at radius 2 is 2.05 bits per heavy atom. The smallest absolute Gasteiger partial charge is 0.321 e. The van der Waals surface area contributed by atoms with Crippen molar-refractivity contribution in [2.75, 3.05) is 11.9 Å². The molecule has 118 valence electrons. The number of rotatable bonds is 5. The molecule has 0 saturated heterocycles. The third kappa shape index (κ3) is 5.24. The van der Waals surface area contributed by atoms with E-state index >= 15 is 0 Å². The van der Waals surface area contributed by atoms with Crippen LogP contribution < -0.4 is 10.6 Å². The van der Waals surface area contributed by atoms with Crippen LogP contribution >= 0.6 is 11.3 Å². The van der Waals surface area contributed by atoms with Crippen molar-refractivity contribution in [3.05, 3.63) is 5.01 Å².